The van der Waals surface area contributed by atoms with Gasteiger partial charge in [-0.15, -0.1) is 0 Å². The van der Waals surface area contributed by atoms with Crippen LogP contribution in [0.2, 0.25) is 10.0 Å². The molecular formula is C13H10Cl2N2O2. The van der Waals surface area contributed by atoms with E-state index in [9.17, 15) is 4.79 Å². The van der Waals surface area contributed by atoms with Crippen molar-refractivity contribution in [3.8, 4) is 11.1 Å². The van der Waals surface area contributed by atoms with E-state index in [2.05, 4.69) is 4.98 Å². The number of carboxylic acid groups (broad SMARTS) is 1. The van der Waals surface area contributed by atoms with E-state index in [1.807, 2.05) is 0 Å². The molecule has 0 amide bonds. The number of hydrogen-bond donors (Lipinski definition) is 2. The van der Waals surface area contributed by atoms with Crippen LogP contribution in [0.4, 0.5) is 5.82 Å². The van der Waals surface area contributed by atoms with Gasteiger partial charge in [0.15, 0.2) is 0 Å². The minimum absolute atomic E-state index is 0.223. The lowest BCUT2D eigenvalue weighted by molar-refractivity contribution is -0.136. The highest BCUT2D eigenvalue weighted by Gasteiger charge is 2.13. The molecule has 2 rings (SSSR count). The van der Waals surface area contributed by atoms with Crippen LogP contribution in [0.3, 0.4) is 0 Å². The van der Waals surface area contributed by atoms with Gasteiger partial charge in [0.2, 0.25) is 0 Å². The number of nitrogens with zero attached hydrogens (tertiary/aromatic N) is 1. The lowest BCUT2D eigenvalue weighted by Gasteiger charge is -2.10. The van der Waals surface area contributed by atoms with Crippen molar-refractivity contribution in [3.05, 3.63) is 46.1 Å². The van der Waals surface area contributed by atoms with Crippen LogP contribution in [0.15, 0.2) is 30.3 Å². The zero-order chi connectivity index (χ0) is 14.0. The molecule has 0 aliphatic carbocycles. The first kappa shape index (κ1) is 13.6. The summed E-state index contributed by atoms with van der Waals surface area (Å²) in [4.78, 5) is 14.9. The Bertz CT molecular complexity index is 645. The Labute approximate surface area is 119 Å². The van der Waals surface area contributed by atoms with Gasteiger partial charge in [-0.2, -0.15) is 0 Å². The average Bonchev–Trinajstić information content (AvgIpc) is 2.30. The Hall–Kier alpha value is -1.78. The largest absolute Gasteiger partial charge is 0.481 e. The molecule has 0 saturated heterocycles. The van der Waals surface area contributed by atoms with Crippen LogP contribution < -0.4 is 5.73 Å². The summed E-state index contributed by atoms with van der Waals surface area (Å²) in [7, 11) is 0. The maximum Gasteiger partial charge on any atom is 0.309 e. The fourth-order valence-electron chi connectivity index (χ4n) is 1.75. The van der Waals surface area contributed by atoms with Gasteiger partial charge in [-0.05, 0) is 24.3 Å². The number of hydrogen-bond acceptors (Lipinski definition) is 3. The Morgan fingerprint density at radius 1 is 1.21 bits per heavy atom. The van der Waals surface area contributed by atoms with E-state index < -0.39 is 5.97 Å². The third kappa shape index (κ3) is 3.16. The number of aliphatic carboxylic acids is 1. The van der Waals surface area contributed by atoms with Crippen LogP contribution in [0, 0.1) is 0 Å². The van der Waals surface area contributed by atoms with Crippen molar-refractivity contribution in [2.75, 3.05) is 5.73 Å². The summed E-state index contributed by atoms with van der Waals surface area (Å²) < 4.78 is 0. The fourth-order valence-corrected chi connectivity index (χ4v) is 2.26. The van der Waals surface area contributed by atoms with Crippen LogP contribution >= 0.6 is 23.2 Å². The maximum atomic E-state index is 10.9. The molecule has 1 aromatic heterocycles. The number of halogens is 2. The van der Waals surface area contributed by atoms with Crippen molar-refractivity contribution >= 4 is 35.0 Å². The second-order valence-electron chi connectivity index (χ2n) is 3.93. The van der Waals surface area contributed by atoms with Crippen molar-refractivity contribution in [3.63, 3.8) is 0 Å². The maximum absolute atomic E-state index is 10.9. The quantitative estimate of drug-likeness (QED) is 0.911. The molecule has 0 atom stereocenters. The Morgan fingerprint density at radius 3 is 2.53 bits per heavy atom. The van der Waals surface area contributed by atoms with Crippen LogP contribution in [-0.4, -0.2) is 16.1 Å². The SMILES string of the molecule is Nc1ccc(-c2ccc(Cl)cc2Cl)c(CC(=O)O)n1. The number of rotatable bonds is 3. The molecule has 98 valence electrons. The summed E-state index contributed by atoms with van der Waals surface area (Å²) in [6, 6.07) is 8.31. The van der Waals surface area contributed by atoms with Gasteiger partial charge in [0.1, 0.15) is 5.82 Å². The van der Waals surface area contributed by atoms with Crippen LogP contribution in [0.1, 0.15) is 5.69 Å². The predicted molar refractivity (Wildman–Crippen MR) is 75.4 cm³/mol. The van der Waals surface area contributed by atoms with Crippen molar-refractivity contribution in [2.24, 2.45) is 0 Å². The molecule has 1 heterocycles. The van der Waals surface area contributed by atoms with E-state index >= 15 is 0 Å². The summed E-state index contributed by atoms with van der Waals surface area (Å²) >= 11 is 12.0. The predicted octanol–water partition coefficient (Wildman–Crippen LogP) is 3.26. The summed E-state index contributed by atoms with van der Waals surface area (Å²) in [5.41, 5.74) is 7.27. The fraction of sp³-hybridized carbons (Fsp3) is 0.0769. The van der Waals surface area contributed by atoms with E-state index in [1.54, 1.807) is 30.3 Å². The molecule has 4 nitrogen and oxygen atoms in total. The summed E-state index contributed by atoms with van der Waals surface area (Å²) in [5, 5.41) is 9.85. The number of nitrogens with two attached hydrogens (primary N) is 1. The second kappa shape index (κ2) is 5.47. The number of carboxylic acids is 1. The minimum atomic E-state index is -0.982. The normalized spacial score (nSPS) is 10.4. The van der Waals surface area contributed by atoms with Crippen molar-refractivity contribution < 1.29 is 9.90 Å². The Kier molecular flexibility index (Phi) is 3.93. The van der Waals surface area contributed by atoms with Gasteiger partial charge in [-0.25, -0.2) is 4.98 Å². The zero-order valence-corrected chi connectivity index (χ0v) is 11.2. The second-order valence-corrected chi connectivity index (χ2v) is 4.77. The molecule has 0 aliphatic heterocycles. The van der Waals surface area contributed by atoms with E-state index in [0.717, 1.165) is 0 Å². The molecule has 0 radical (unpaired) electrons. The first-order valence-electron chi connectivity index (χ1n) is 5.40. The monoisotopic (exact) mass is 296 g/mol. The minimum Gasteiger partial charge on any atom is -0.481 e. The van der Waals surface area contributed by atoms with Crippen LogP contribution in [-0.2, 0) is 11.2 Å². The van der Waals surface area contributed by atoms with E-state index in [1.165, 1.54) is 0 Å². The highest BCUT2D eigenvalue weighted by molar-refractivity contribution is 6.36. The van der Waals surface area contributed by atoms with Gasteiger partial charge in [-0.1, -0.05) is 29.3 Å². The highest BCUT2D eigenvalue weighted by atomic mass is 35.5. The molecule has 19 heavy (non-hydrogen) atoms. The molecule has 0 fully saturated rings. The van der Waals surface area contributed by atoms with Crippen molar-refractivity contribution in [2.45, 2.75) is 6.42 Å². The third-order valence-electron chi connectivity index (χ3n) is 2.54. The highest BCUT2D eigenvalue weighted by Crippen LogP contribution is 2.32. The molecule has 0 unspecified atom stereocenters. The average molecular weight is 297 g/mol. The molecule has 1 aromatic carbocycles. The number of carbonyl (C=O) groups is 1. The van der Waals surface area contributed by atoms with Gasteiger partial charge < -0.3 is 10.8 Å². The van der Waals surface area contributed by atoms with Gasteiger partial charge in [-0.3, -0.25) is 4.79 Å². The van der Waals surface area contributed by atoms with Gasteiger partial charge in [0, 0.05) is 21.2 Å². The molecule has 3 N–H and O–H groups in total. The zero-order valence-electron chi connectivity index (χ0n) is 9.73. The van der Waals surface area contributed by atoms with E-state index in [-0.39, 0.29) is 12.2 Å². The van der Waals surface area contributed by atoms with Crippen molar-refractivity contribution in [1.82, 2.24) is 4.98 Å². The molecule has 0 aliphatic rings. The van der Waals surface area contributed by atoms with Gasteiger partial charge >= 0.3 is 5.97 Å². The van der Waals surface area contributed by atoms with E-state index in [0.29, 0.717) is 26.9 Å². The summed E-state index contributed by atoms with van der Waals surface area (Å²) in [6.07, 6.45) is -0.223. The first-order valence-corrected chi connectivity index (χ1v) is 6.15. The van der Waals surface area contributed by atoms with Crippen molar-refractivity contribution in [1.29, 1.82) is 0 Å². The molecular weight excluding hydrogens is 287 g/mol. The summed E-state index contributed by atoms with van der Waals surface area (Å²) in [5.74, 6) is -0.713. The molecule has 0 bridgehead atoms. The third-order valence-corrected chi connectivity index (χ3v) is 3.08. The molecule has 2 aromatic rings. The standard InChI is InChI=1S/C13H10Cl2N2O2/c14-7-1-2-8(10(15)5-7)9-3-4-12(16)17-11(9)6-13(18)19/h1-5H,6H2,(H2,16,17)(H,18,19). The van der Waals surface area contributed by atoms with Crippen LogP contribution in [0.5, 0.6) is 0 Å². The molecule has 0 saturated carbocycles. The number of aromatic nitrogens is 1. The lowest BCUT2D eigenvalue weighted by Crippen LogP contribution is -2.06. The Balaban J connectivity index is 2.57. The molecule has 0 spiro atoms. The van der Waals surface area contributed by atoms with Gasteiger partial charge in [0.05, 0.1) is 12.1 Å². The Morgan fingerprint density at radius 2 is 1.89 bits per heavy atom. The summed E-state index contributed by atoms with van der Waals surface area (Å²) in [6.45, 7) is 0. The topological polar surface area (TPSA) is 76.2 Å². The number of pyridine rings is 1. The van der Waals surface area contributed by atoms with Crippen LogP contribution in [0.25, 0.3) is 11.1 Å². The number of benzene rings is 1. The number of anilines is 1. The molecule has 6 heteroatoms. The smallest absolute Gasteiger partial charge is 0.309 e. The lowest BCUT2D eigenvalue weighted by atomic mass is 10.0. The van der Waals surface area contributed by atoms with E-state index in [4.69, 9.17) is 34.0 Å². The van der Waals surface area contributed by atoms with Gasteiger partial charge in [0.25, 0.3) is 0 Å². The first-order chi connectivity index (χ1) is 8.97. The number of nitrogen functional groups attached to an aromatic ring is 1.